The summed E-state index contributed by atoms with van der Waals surface area (Å²) >= 11 is 5.95. The van der Waals surface area contributed by atoms with Crippen LogP contribution in [0.4, 0.5) is 4.39 Å². The maximum absolute atomic E-state index is 13.0. The Labute approximate surface area is 58.4 Å². The maximum atomic E-state index is 13.0. The van der Waals surface area contributed by atoms with E-state index in [1.807, 2.05) is 0 Å². The number of hydrogen-bond acceptors (Lipinski definition) is 0. The topological polar surface area (TPSA) is 0 Å². The molecule has 9 heavy (non-hydrogen) atoms. The maximum Gasteiger partial charge on any atom is 0.108 e. The third-order valence-electron chi connectivity index (χ3n) is 3.39. The molecule has 0 spiro atoms. The number of halogens is 2. The van der Waals surface area contributed by atoms with E-state index in [4.69, 9.17) is 11.6 Å². The first-order valence-corrected chi connectivity index (χ1v) is 4.02. The van der Waals surface area contributed by atoms with Gasteiger partial charge in [0.2, 0.25) is 0 Å². The second-order valence-electron chi connectivity index (χ2n) is 3.61. The Bertz CT molecular complexity index is 150. The standard InChI is InChI=1S/C7H8ClF/c8-6-3-1-2-4(6)5(2)7(3)9/h2-7H,1H2/t2-,3+,4?,5?,6+,7+/m1/s1. The van der Waals surface area contributed by atoms with Gasteiger partial charge in [-0.05, 0) is 24.2 Å². The largest absolute Gasteiger partial charge is 0.247 e. The van der Waals surface area contributed by atoms with E-state index in [0.717, 1.165) is 6.42 Å². The molecule has 0 heterocycles. The molecule has 4 rings (SSSR count). The van der Waals surface area contributed by atoms with Crippen molar-refractivity contribution in [3.63, 3.8) is 0 Å². The van der Waals surface area contributed by atoms with Crippen LogP contribution in [0, 0.1) is 23.7 Å². The van der Waals surface area contributed by atoms with Crippen LogP contribution in [0.1, 0.15) is 6.42 Å². The Balaban J connectivity index is 2.07. The van der Waals surface area contributed by atoms with Crippen molar-refractivity contribution in [3.8, 4) is 0 Å². The van der Waals surface area contributed by atoms with Gasteiger partial charge >= 0.3 is 0 Å². The molecule has 4 aliphatic rings. The molecule has 0 aromatic rings. The minimum absolute atomic E-state index is 0.204. The molecule has 0 amide bonds. The predicted molar refractivity (Wildman–Crippen MR) is 33.1 cm³/mol. The van der Waals surface area contributed by atoms with Crippen LogP contribution in [-0.2, 0) is 0 Å². The van der Waals surface area contributed by atoms with Crippen molar-refractivity contribution in [2.45, 2.75) is 18.0 Å². The number of alkyl halides is 2. The first-order valence-electron chi connectivity index (χ1n) is 3.59. The number of rotatable bonds is 0. The zero-order chi connectivity index (χ0) is 6.17. The average Bonchev–Trinajstić information content (AvgIpc) is 2.18. The van der Waals surface area contributed by atoms with Crippen molar-refractivity contribution in [1.82, 2.24) is 0 Å². The van der Waals surface area contributed by atoms with E-state index in [1.165, 1.54) is 0 Å². The molecule has 0 saturated heterocycles. The zero-order valence-corrected chi connectivity index (χ0v) is 5.68. The predicted octanol–water partition coefficient (Wildman–Crippen LogP) is 1.83. The Morgan fingerprint density at radius 3 is 2.11 bits per heavy atom. The van der Waals surface area contributed by atoms with Crippen LogP contribution >= 0.6 is 11.6 Å². The SMILES string of the molecule is F[C@@H]1C2C3[C@H]2C[C@H]1[C@@H]3Cl. The molecule has 0 N–H and O–H groups in total. The highest BCUT2D eigenvalue weighted by Crippen LogP contribution is 2.72. The van der Waals surface area contributed by atoms with E-state index in [9.17, 15) is 4.39 Å². The minimum Gasteiger partial charge on any atom is -0.247 e. The molecule has 50 valence electrons. The van der Waals surface area contributed by atoms with Gasteiger partial charge < -0.3 is 0 Å². The summed E-state index contributed by atoms with van der Waals surface area (Å²) in [5.41, 5.74) is 0. The van der Waals surface area contributed by atoms with Gasteiger partial charge in [0, 0.05) is 11.3 Å². The van der Waals surface area contributed by atoms with Crippen molar-refractivity contribution in [2.75, 3.05) is 0 Å². The zero-order valence-electron chi connectivity index (χ0n) is 4.93. The summed E-state index contributed by atoms with van der Waals surface area (Å²) in [6, 6.07) is 0. The fourth-order valence-electron chi connectivity index (χ4n) is 2.96. The van der Waals surface area contributed by atoms with E-state index >= 15 is 0 Å². The Morgan fingerprint density at radius 2 is 2.00 bits per heavy atom. The van der Waals surface area contributed by atoms with Crippen LogP contribution in [0.25, 0.3) is 0 Å². The van der Waals surface area contributed by atoms with Crippen molar-refractivity contribution < 1.29 is 4.39 Å². The van der Waals surface area contributed by atoms with Gasteiger partial charge in [0.15, 0.2) is 0 Å². The Morgan fingerprint density at radius 1 is 1.22 bits per heavy atom. The lowest BCUT2D eigenvalue weighted by Crippen LogP contribution is -2.11. The van der Waals surface area contributed by atoms with Gasteiger partial charge in [-0.2, -0.15) is 0 Å². The second kappa shape index (κ2) is 1.16. The van der Waals surface area contributed by atoms with Gasteiger partial charge in [0.25, 0.3) is 0 Å². The summed E-state index contributed by atoms with van der Waals surface area (Å²) in [5, 5.41) is 0.204. The smallest absolute Gasteiger partial charge is 0.108 e. The van der Waals surface area contributed by atoms with Crippen LogP contribution in [0.5, 0.6) is 0 Å². The van der Waals surface area contributed by atoms with E-state index in [0.29, 0.717) is 17.8 Å². The van der Waals surface area contributed by atoms with Crippen LogP contribution in [-0.4, -0.2) is 11.5 Å². The molecular formula is C7H8ClF. The van der Waals surface area contributed by atoms with Gasteiger partial charge in [-0.1, -0.05) is 0 Å². The molecule has 6 atom stereocenters. The first-order chi connectivity index (χ1) is 4.30. The lowest BCUT2D eigenvalue weighted by molar-refractivity contribution is 0.272. The lowest BCUT2D eigenvalue weighted by atomic mass is 10.1. The molecule has 0 aromatic heterocycles. The van der Waals surface area contributed by atoms with Gasteiger partial charge in [0.1, 0.15) is 6.17 Å². The summed E-state index contributed by atoms with van der Waals surface area (Å²) < 4.78 is 13.0. The summed E-state index contributed by atoms with van der Waals surface area (Å²) in [7, 11) is 0. The molecular weight excluding hydrogens is 139 g/mol. The highest BCUT2D eigenvalue weighted by atomic mass is 35.5. The fraction of sp³-hybridized carbons (Fsp3) is 1.00. The molecule has 4 saturated carbocycles. The molecule has 0 radical (unpaired) electrons. The molecule has 0 nitrogen and oxygen atoms in total. The molecule has 4 fully saturated rings. The van der Waals surface area contributed by atoms with Crippen molar-refractivity contribution in [1.29, 1.82) is 0 Å². The Hall–Kier alpha value is 0.220. The molecule has 4 bridgehead atoms. The number of hydrogen-bond donors (Lipinski definition) is 0. The van der Waals surface area contributed by atoms with E-state index in [-0.39, 0.29) is 11.3 Å². The van der Waals surface area contributed by atoms with Crippen molar-refractivity contribution in [3.05, 3.63) is 0 Å². The molecule has 0 aliphatic heterocycles. The van der Waals surface area contributed by atoms with Gasteiger partial charge in [-0.15, -0.1) is 11.6 Å². The highest BCUT2D eigenvalue weighted by Gasteiger charge is 2.73. The van der Waals surface area contributed by atoms with Gasteiger partial charge in [-0.25, -0.2) is 4.39 Å². The van der Waals surface area contributed by atoms with Crippen molar-refractivity contribution >= 4 is 11.6 Å². The molecule has 2 unspecified atom stereocenters. The van der Waals surface area contributed by atoms with Crippen LogP contribution in [0.15, 0.2) is 0 Å². The summed E-state index contributed by atoms with van der Waals surface area (Å²) in [5.74, 6) is 1.93. The first kappa shape index (κ1) is 4.95. The molecule has 0 aromatic carbocycles. The molecule has 4 aliphatic carbocycles. The summed E-state index contributed by atoms with van der Waals surface area (Å²) in [6.07, 6.45) is 0.562. The van der Waals surface area contributed by atoms with Crippen molar-refractivity contribution in [2.24, 2.45) is 23.7 Å². The van der Waals surface area contributed by atoms with Gasteiger partial charge in [-0.3, -0.25) is 0 Å². The third-order valence-corrected chi connectivity index (χ3v) is 4.00. The fourth-order valence-corrected chi connectivity index (χ4v) is 3.56. The average molecular weight is 147 g/mol. The lowest BCUT2D eigenvalue weighted by Gasteiger charge is -2.06. The van der Waals surface area contributed by atoms with Crippen LogP contribution in [0.2, 0.25) is 0 Å². The van der Waals surface area contributed by atoms with E-state index in [1.54, 1.807) is 0 Å². The van der Waals surface area contributed by atoms with E-state index in [2.05, 4.69) is 0 Å². The summed E-state index contributed by atoms with van der Waals surface area (Å²) in [6.45, 7) is 0. The monoisotopic (exact) mass is 146 g/mol. The van der Waals surface area contributed by atoms with E-state index < -0.39 is 6.17 Å². The van der Waals surface area contributed by atoms with Crippen LogP contribution in [0.3, 0.4) is 0 Å². The third kappa shape index (κ3) is 0.348. The second-order valence-corrected chi connectivity index (χ2v) is 4.11. The Kier molecular flexibility index (Phi) is 0.638. The highest BCUT2D eigenvalue weighted by molar-refractivity contribution is 6.21. The quantitative estimate of drug-likeness (QED) is 0.458. The molecule has 2 heteroatoms. The normalized spacial score (nSPS) is 75.3. The summed E-state index contributed by atoms with van der Waals surface area (Å²) in [4.78, 5) is 0. The minimum atomic E-state index is -0.525. The van der Waals surface area contributed by atoms with Gasteiger partial charge in [0.05, 0.1) is 0 Å². The van der Waals surface area contributed by atoms with Crippen LogP contribution < -0.4 is 0 Å².